The molecule has 1 atom stereocenters. The van der Waals surface area contributed by atoms with E-state index in [4.69, 9.17) is 25.8 Å². The maximum absolute atomic E-state index is 13.3. The fourth-order valence-electron chi connectivity index (χ4n) is 3.31. The molecule has 2 aromatic carbocycles. The highest BCUT2D eigenvalue weighted by molar-refractivity contribution is 7.91. The van der Waals surface area contributed by atoms with Gasteiger partial charge in [-0.1, -0.05) is 23.7 Å². The van der Waals surface area contributed by atoms with Crippen molar-refractivity contribution in [3.05, 3.63) is 64.3 Å². The maximum Gasteiger partial charge on any atom is 0.338 e. The van der Waals surface area contributed by atoms with Crippen LogP contribution in [0.15, 0.2) is 58.6 Å². The Labute approximate surface area is 190 Å². The Kier molecular flexibility index (Phi) is 6.95. The van der Waals surface area contributed by atoms with Crippen molar-refractivity contribution < 1.29 is 32.2 Å². The van der Waals surface area contributed by atoms with Crippen molar-refractivity contribution in [2.24, 2.45) is 0 Å². The van der Waals surface area contributed by atoms with Crippen molar-refractivity contribution in [1.29, 1.82) is 0 Å². The summed E-state index contributed by atoms with van der Waals surface area (Å²) in [4.78, 5) is 24.9. The van der Waals surface area contributed by atoms with Gasteiger partial charge in [0.1, 0.15) is 16.4 Å². The number of carbonyl (C=O) groups excluding carboxylic acids is 2. The Bertz CT molecular complexity index is 1190. The molecule has 2 N–H and O–H groups in total. The highest BCUT2D eigenvalue weighted by Crippen LogP contribution is 2.33. The lowest BCUT2D eigenvalue weighted by Gasteiger charge is -2.29. The van der Waals surface area contributed by atoms with Gasteiger partial charge in [-0.2, -0.15) is 0 Å². The molecule has 2 aromatic rings. The summed E-state index contributed by atoms with van der Waals surface area (Å²) in [6.45, 7) is 0. The largest absolute Gasteiger partial charge is 0.497 e. The lowest BCUT2D eigenvalue weighted by atomic mass is 9.95. The van der Waals surface area contributed by atoms with E-state index in [1.807, 2.05) is 0 Å². The zero-order chi connectivity index (χ0) is 23.5. The number of benzene rings is 2. The summed E-state index contributed by atoms with van der Waals surface area (Å²) in [5.41, 5.74) is 0.317. The van der Waals surface area contributed by atoms with Crippen molar-refractivity contribution in [3.8, 4) is 11.5 Å². The number of ether oxygens (including phenoxy) is 3. The zero-order valence-electron chi connectivity index (χ0n) is 17.5. The second-order valence-electron chi connectivity index (χ2n) is 6.75. The molecule has 1 unspecified atom stereocenters. The van der Waals surface area contributed by atoms with Gasteiger partial charge in [0.05, 0.1) is 38.7 Å². The maximum atomic E-state index is 13.3. The minimum Gasteiger partial charge on any atom is -0.497 e. The van der Waals surface area contributed by atoms with Crippen LogP contribution in [0.1, 0.15) is 11.6 Å². The van der Waals surface area contributed by atoms with Crippen molar-refractivity contribution in [2.45, 2.75) is 10.9 Å². The van der Waals surface area contributed by atoms with Crippen LogP contribution >= 0.6 is 11.6 Å². The Morgan fingerprint density at radius 1 is 1.09 bits per heavy atom. The van der Waals surface area contributed by atoms with Gasteiger partial charge in [0.15, 0.2) is 9.84 Å². The van der Waals surface area contributed by atoms with Crippen molar-refractivity contribution >= 4 is 33.4 Å². The molecular weight excluding hydrogens is 460 g/mol. The van der Waals surface area contributed by atoms with Crippen LogP contribution in [0, 0.1) is 0 Å². The van der Waals surface area contributed by atoms with E-state index in [-0.39, 0.29) is 21.9 Å². The first-order valence-corrected chi connectivity index (χ1v) is 11.3. The molecule has 0 aromatic heterocycles. The summed E-state index contributed by atoms with van der Waals surface area (Å²) >= 11 is 6.06. The van der Waals surface area contributed by atoms with E-state index in [1.54, 1.807) is 30.3 Å². The normalized spacial score (nSPS) is 16.1. The van der Waals surface area contributed by atoms with E-state index in [0.29, 0.717) is 16.3 Å². The van der Waals surface area contributed by atoms with Gasteiger partial charge >= 0.3 is 12.0 Å². The Hall–Kier alpha value is -3.24. The van der Waals surface area contributed by atoms with Gasteiger partial charge in [0.2, 0.25) is 0 Å². The molecular formula is C21H21ClN2O7S. The number of methoxy groups -OCH3 is 3. The van der Waals surface area contributed by atoms with Crippen molar-refractivity contribution in [2.75, 3.05) is 27.1 Å². The van der Waals surface area contributed by atoms with Gasteiger partial charge in [-0.25, -0.2) is 18.0 Å². The molecule has 170 valence electrons. The smallest absolute Gasteiger partial charge is 0.338 e. The SMILES string of the molecule is COC(=O)C1=C(CS(=O)(=O)c2cc(OC)ccc2OC)NC(=O)NC1c1cccc(Cl)c1. The number of nitrogens with one attached hydrogen (secondary N) is 2. The van der Waals surface area contributed by atoms with Gasteiger partial charge < -0.3 is 24.8 Å². The van der Waals surface area contributed by atoms with Crippen molar-refractivity contribution in [1.82, 2.24) is 10.6 Å². The molecule has 9 nitrogen and oxygen atoms in total. The first-order chi connectivity index (χ1) is 15.2. The van der Waals surface area contributed by atoms with E-state index in [9.17, 15) is 18.0 Å². The average molecular weight is 481 g/mol. The van der Waals surface area contributed by atoms with Gasteiger partial charge in [-0.3, -0.25) is 0 Å². The van der Waals surface area contributed by atoms with Gasteiger partial charge in [0.25, 0.3) is 0 Å². The standard InChI is InChI=1S/C21H21ClN2O7S/c1-29-14-7-8-16(30-2)17(10-14)32(27,28)11-15-18(20(25)31-3)19(24-21(26)23-15)12-5-4-6-13(22)9-12/h4-10,19H,11H2,1-3H3,(H2,23,24,26). The van der Waals surface area contributed by atoms with Gasteiger partial charge in [-0.05, 0) is 29.8 Å². The Balaban J connectivity index is 2.14. The molecule has 0 radical (unpaired) electrons. The molecule has 2 amide bonds. The summed E-state index contributed by atoms with van der Waals surface area (Å²) in [5, 5.41) is 5.43. The summed E-state index contributed by atoms with van der Waals surface area (Å²) in [7, 11) is -0.185. The molecule has 1 aliphatic rings. The number of esters is 1. The summed E-state index contributed by atoms with van der Waals surface area (Å²) in [5.74, 6) is -1.09. The molecule has 0 fully saturated rings. The van der Waals surface area contributed by atoms with Crippen LogP contribution in [0.25, 0.3) is 0 Å². The van der Waals surface area contributed by atoms with Crippen LogP contribution in [0.3, 0.4) is 0 Å². The Morgan fingerprint density at radius 2 is 1.84 bits per heavy atom. The average Bonchev–Trinajstić information content (AvgIpc) is 2.77. The number of urea groups is 1. The molecule has 3 rings (SSSR count). The summed E-state index contributed by atoms with van der Waals surface area (Å²) < 4.78 is 41.8. The number of halogens is 1. The van der Waals surface area contributed by atoms with Crippen molar-refractivity contribution in [3.63, 3.8) is 0 Å². The zero-order valence-corrected chi connectivity index (χ0v) is 19.0. The second kappa shape index (κ2) is 9.49. The van der Waals surface area contributed by atoms with E-state index >= 15 is 0 Å². The molecule has 1 heterocycles. The molecule has 0 saturated carbocycles. The van der Waals surface area contributed by atoms with Crippen LogP contribution in [0.5, 0.6) is 11.5 Å². The second-order valence-corrected chi connectivity index (χ2v) is 9.14. The lowest BCUT2D eigenvalue weighted by Crippen LogP contribution is -2.47. The highest BCUT2D eigenvalue weighted by Gasteiger charge is 2.36. The lowest BCUT2D eigenvalue weighted by molar-refractivity contribution is -0.136. The minimum absolute atomic E-state index is 0.0557. The topological polar surface area (TPSA) is 120 Å². The van der Waals surface area contributed by atoms with E-state index in [0.717, 1.165) is 7.11 Å². The van der Waals surface area contributed by atoms with Gasteiger partial charge in [0, 0.05) is 16.8 Å². The number of rotatable bonds is 7. The number of amides is 2. The van der Waals surface area contributed by atoms with Gasteiger partial charge in [-0.15, -0.1) is 0 Å². The van der Waals surface area contributed by atoms with E-state index < -0.39 is 33.6 Å². The van der Waals surface area contributed by atoms with Crippen LogP contribution in [-0.2, 0) is 19.4 Å². The Morgan fingerprint density at radius 3 is 2.47 bits per heavy atom. The molecule has 0 spiro atoms. The molecule has 32 heavy (non-hydrogen) atoms. The quantitative estimate of drug-likeness (QED) is 0.584. The van der Waals surface area contributed by atoms with Crippen LogP contribution in [-0.4, -0.2) is 47.5 Å². The molecule has 0 saturated heterocycles. The molecule has 0 bridgehead atoms. The first-order valence-electron chi connectivity index (χ1n) is 9.29. The third-order valence-electron chi connectivity index (χ3n) is 4.78. The predicted octanol–water partition coefficient (Wildman–Crippen LogP) is 2.61. The number of carbonyl (C=O) groups is 2. The monoisotopic (exact) mass is 480 g/mol. The molecule has 0 aliphatic carbocycles. The highest BCUT2D eigenvalue weighted by atomic mass is 35.5. The number of hydrogen-bond acceptors (Lipinski definition) is 7. The van der Waals surface area contributed by atoms with E-state index in [2.05, 4.69) is 10.6 Å². The number of hydrogen-bond donors (Lipinski definition) is 2. The minimum atomic E-state index is -4.09. The fourth-order valence-corrected chi connectivity index (χ4v) is 5.03. The third-order valence-corrected chi connectivity index (χ3v) is 6.67. The summed E-state index contributed by atoms with van der Waals surface area (Å²) in [6.07, 6.45) is 0. The summed E-state index contributed by atoms with van der Waals surface area (Å²) in [6, 6.07) is 9.19. The van der Waals surface area contributed by atoms with E-state index in [1.165, 1.54) is 26.4 Å². The number of sulfone groups is 1. The predicted molar refractivity (Wildman–Crippen MR) is 117 cm³/mol. The molecule has 11 heteroatoms. The molecule has 1 aliphatic heterocycles. The van der Waals surface area contributed by atoms with Crippen LogP contribution in [0.2, 0.25) is 5.02 Å². The fraction of sp³-hybridized carbons (Fsp3) is 0.238. The van der Waals surface area contributed by atoms with Crippen LogP contribution in [0.4, 0.5) is 4.79 Å². The third kappa shape index (κ3) is 4.81. The first kappa shape index (κ1) is 23.4. The van der Waals surface area contributed by atoms with Crippen LogP contribution < -0.4 is 20.1 Å².